The van der Waals surface area contributed by atoms with E-state index in [1.54, 1.807) is 0 Å². The lowest BCUT2D eigenvalue weighted by molar-refractivity contribution is -0.121. The van der Waals surface area contributed by atoms with Gasteiger partial charge in [-0.05, 0) is 24.8 Å². The Balaban J connectivity index is 1.77. The summed E-state index contributed by atoms with van der Waals surface area (Å²) in [6.07, 6.45) is 7.02. The fourth-order valence-corrected chi connectivity index (χ4v) is 2.70. The molecule has 1 aromatic rings. The first kappa shape index (κ1) is 14.1. The van der Waals surface area contributed by atoms with Crippen LogP contribution in [0.25, 0.3) is 0 Å². The van der Waals surface area contributed by atoms with Crippen LogP contribution in [-0.4, -0.2) is 18.0 Å². The van der Waals surface area contributed by atoms with Crippen molar-refractivity contribution in [3.8, 4) is 0 Å². The maximum Gasteiger partial charge on any atom is 0.220 e. The van der Waals surface area contributed by atoms with Gasteiger partial charge in [0.25, 0.3) is 0 Å². The number of hydrogen-bond donors (Lipinski definition) is 2. The van der Waals surface area contributed by atoms with E-state index in [0.717, 1.165) is 19.3 Å². The summed E-state index contributed by atoms with van der Waals surface area (Å²) in [4.78, 5) is 12.0. The van der Waals surface area contributed by atoms with Gasteiger partial charge in [0.15, 0.2) is 0 Å². The zero-order chi connectivity index (χ0) is 13.5. The van der Waals surface area contributed by atoms with Crippen molar-refractivity contribution in [3.05, 3.63) is 35.9 Å². The number of carbonyl (C=O) groups is 1. The number of hydrogen-bond acceptors (Lipinski definition) is 2. The SMILES string of the molecule is NC1CCCCCC1NC(=O)CCc1ccccc1. The third-order valence-electron chi connectivity index (χ3n) is 3.90. The van der Waals surface area contributed by atoms with Crippen LogP contribution in [0, 0.1) is 0 Å². The molecule has 0 spiro atoms. The molecule has 0 saturated heterocycles. The predicted molar refractivity (Wildman–Crippen MR) is 77.8 cm³/mol. The lowest BCUT2D eigenvalue weighted by atomic mass is 10.0. The zero-order valence-corrected chi connectivity index (χ0v) is 11.5. The molecule has 104 valence electrons. The van der Waals surface area contributed by atoms with Gasteiger partial charge in [-0.25, -0.2) is 0 Å². The lowest BCUT2D eigenvalue weighted by Crippen LogP contribution is -2.47. The van der Waals surface area contributed by atoms with E-state index in [0.29, 0.717) is 6.42 Å². The summed E-state index contributed by atoms with van der Waals surface area (Å²) in [7, 11) is 0. The van der Waals surface area contributed by atoms with Crippen molar-refractivity contribution in [3.63, 3.8) is 0 Å². The van der Waals surface area contributed by atoms with Crippen LogP contribution in [0.4, 0.5) is 0 Å². The maximum absolute atomic E-state index is 12.0. The van der Waals surface area contributed by atoms with Gasteiger partial charge in [-0.3, -0.25) is 4.79 Å². The zero-order valence-electron chi connectivity index (χ0n) is 11.5. The van der Waals surface area contributed by atoms with Gasteiger partial charge < -0.3 is 11.1 Å². The molecule has 0 bridgehead atoms. The normalized spacial score (nSPS) is 23.6. The quantitative estimate of drug-likeness (QED) is 0.817. The minimum atomic E-state index is 0.128. The summed E-state index contributed by atoms with van der Waals surface area (Å²) in [5.74, 6) is 0.131. The van der Waals surface area contributed by atoms with Crippen molar-refractivity contribution < 1.29 is 4.79 Å². The van der Waals surface area contributed by atoms with Gasteiger partial charge in [-0.15, -0.1) is 0 Å². The van der Waals surface area contributed by atoms with Gasteiger partial charge in [0.05, 0.1) is 0 Å². The number of carbonyl (C=O) groups excluding carboxylic acids is 1. The molecule has 2 rings (SSSR count). The fourth-order valence-electron chi connectivity index (χ4n) is 2.70. The average Bonchev–Trinajstić information content (AvgIpc) is 2.63. The molecular weight excluding hydrogens is 236 g/mol. The maximum atomic E-state index is 12.0. The summed E-state index contributed by atoms with van der Waals surface area (Å²) >= 11 is 0. The Morgan fingerprint density at radius 1 is 1.16 bits per heavy atom. The molecule has 1 amide bonds. The van der Waals surface area contributed by atoms with E-state index in [1.165, 1.54) is 24.8 Å². The highest BCUT2D eigenvalue weighted by molar-refractivity contribution is 5.76. The molecule has 3 heteroatoms. The molecule has 1 aliphatic rings. The molecule has 3 nitrogen and oxygen atoms in total. The van der Waals surface area contributed by atoms with Gasteiger partial charge in [-0.2, -0.15) is 0 Å². The minimum absolute atomic E-state index is 0.128. The Morgan fingerprint density at radius 3 is 2.68 bits per heavy atom. The number of aryl methyl sites for hydroxylation is 1. The Morgan fingerprint density at radius 2 is 1.89 bits per heavy atom. The molecular formula is C16H24N2O. The standard InChI is InChI=1S/C16H24N2O/c17-14-9-5-2-6-10-15(14)18-16(19)12-11-13-7-3-1-4-8-13/h1,3-4,7-8,14-15H,2,5-6,9-12,17H2,(H,18,19). The van der Waals surface area contributed by atoms with Crippen LogP contribution < -0.4 is 11.1 Å². The molecule has 1 aliphatic carbocycles. The molecule has 0 aliphatic heterocycles. The van der Waals surface area contributed by atoms with E-state index in [4.69, 9.17) is 5.73 Å². The topological polar surface area (TPSA) is 55.1 Å². The van der Waals surface area contributed by atoms with E-state index < -0.39 is 0 Å². The van der Waals surface area contributed by atoms with Gasteiger partial charge in [0.1, 0.15) is 0 Å². The molecule has 2 unspecified atom stereocenters. The molecule has 0 aromatic heterocycles. The summed E-state index contributed by atoms with van der Waals surface area (Å²) in [6, 6.07) is 10.4. The number of benzene rings is 1. The Bertz CT molecular complexity index is 391. The highest BCUT2D eigenvalue weighted by Gasteiger charge is 2.21. The van der Waals surface area contributed by atoms with Crippen molar-refractivity contribution in [1.29, 1.82) is 0 Å². The average molecular weight is 260 g/mol. The highest BCUT2D eigenvalue weighted by atomic mass is 16.1. The minimum Gasteiger partial charge on any atom is -0.352 e. The molecule has 1 saturated carbocycles. The molecule has 3 N–H and O–H groups in total. The highest BCUT2D eigenvalue weighted by Crippen LogP contribution is 2.16. The third kappa shape index (κ3) is 4.67. The Labute approximate surface area is 115 Å². The van der Waals surface area contributed by atoms with Gasteiger partial charge in [0.2, 0.25) is 5.91 Å². The van der Waals surface area contributed by atoms with E-state index in [-0.39, 0.29) is 18.0 Å². The number of nitrogens with one attached hydrogen (secondary N) is 1. The number of rotatable bonds is 4. The molecule has 19 heavy (non-hydrogen) atoms. The summed E-state index contributed by atoms with van der Waals surface area (Å²) in [5, 5.41) is 3.11. The van der Waals surface area contributed by atoms with Crippen LogP contribution in [0.5, 0.6) is 0 Å². The second kappa shape index (κ2) is 7.29. The van der Waals surface area contributed by atoms with Crippen molar-refractivity contribution >= 4 is 5.91 Å². The van der Waals surface area contributed by atoms with Crippen molar-refractivity contribution in [2.24, 2.45) is 5.73 Å². The van der Waals surface area contributed by atoms with E-state index >= 15 is 0 Å². The van der Waals surface area contributed by atoms with Crippen LogP contribution >= 0.6 is 0 Å². The van der Waals surface area contributed by atoms with Gasteiger partial charge in [0, 0.05) is 18.5 Å². The molecule has 0 radical (unpaired) electrons. The lowest BCUT2D eigenvalue weighted by Gasteiger charge is -2.22. The van der Waals surface area contributed by atoms with E-state index in [2.05, 4.69) is 17.4 Å². The van der Waals surface area contributed by atoms with Gasteiger partial charge in [-0.1, -0.05) is 49.6 Å². The van der Waals surface area contributed by atoms with Crippen LogP contribution in [0.15, 0.2) is 30.3 Å². The van der Waals surface area contributed by atoms with E-state index in [1.807, 2.05) is 18.2 Å². The van der Waals surface area contributed by atoms with E-state index in [9.17, 15) is 4.79 Å². The Kier molecular flexibility index (Phi) is 5.40. The van der Waals surface area contributed by atoms with Crippen LogP contribution in [0.3, 0.4) is 0 Å². The van der Waals surface area contributed by atoms with Crippen molar-refractivity contribution in [2.75, 3.05) is 0 Å². The van der Waals surface area contributed by atoms with Crippen LogP contribution in [0.2, 0.25) is 0 Å². The third-order valence-corrected chi connectivity index (χ3v) is 3.90. The first-order valence-corrected chi connectivity index (χ1v) is 7.34. The van der Waals surface area contributed by atoms with Gasteiger partial charge >= 0.3 is 0 Å². The van der Waals surface area contributed by atoms with Crippen LogP contribution in [-0.2, 0) is 11.2 Å². The molecule has 1 fully saturated rings. The summed E-state index contributed by atoms with van der Waals surface area (Å²) < 4.78 is 0. The second-order valence-corrected chi connectivity index (χ2v) is 5.46. The molecule has 1 aromatic carbocycles. The summed E-state index contributed by atoms with van der Waals surface area (Å²) in [6.45, 7) is 0. The van der Waals surface area contributed by atoms with Crippen LogP contribution in [0.1, 0.15) is 44.1 Å². The summed E-state index contributed by atoms with van der Waals surface area (Å²) in [5.41, 5.74) is 7.33. The second-order valence-electron chi connectivity index (χ2n) is 5.46. The number of nitrogens with two attached hydrogens (primary N) is 1. The molecule has 2 atom stereocenters. The smallest absolute Gasteiger partial charge is 0.220 e. The van der Waals surface area contributed by atoms with Crippen molar-refractivity contribution in [2.45, 2.75) is 57.0 Å². The fraction of sp³-hybridized carbons (Fsp3) is 0.562. The number of amides is 1. The largest absolute Gasteiger partial charge is 0.352 e. The first-order valence-electron chi connectivity index (χ1n) is 7.34. The predicted octanol–water partition coefficient (Wildman–Crippen LogP) is 2.40. The monoisotopic (exact) mass is 260 g/mol. The Hall–Kier alpha value is -1.35. The van der Waals surface area contributed by atoms with Crippen molar-refractivity contribution in [1.82, 2.24) is 5.32 Å². The molecule has 0 heterocycles. The first-order chi connectivity index (χ1) is 9.25.